The summed E-state index contributed by atoms with van der Waals surface area (Å²) < 4.78 is 5.23. The van der Waals surface area contributed by atoms with Gasteiger partial charge in [-0.05, 0) is 50.4 Å². The normalized spacial score (nSPS) is 27.2. The lowest BCUT2D eigenvalue weighted by atomic mass is 9.85. The van der Waals surface area contributed by atoms with Gasteiger partial charge < -0.3 is 9.84 Å². The molecule has 1 atom stereocenters. The van der Waals surface area contributed by atoms with E-state index in [1.54, 1.807) is 0 Å². The standard InChI is InChI=1S/C17H24N4O3/c1-10(2)7-8-17(12-5-6-12)15(22)21(16(23)19-17)9-13-18-14(24-20-13)11-3-4-11/h10-12H,3-9H2,1-2H3,(H,19,23). The maximum atomic E-state index is 13.0. The van der Waals surface area contributed by atoms with Crippen LogP contribution in [0, 0.1) is 11.8 Å². The molecule has 2 heterocycles. The van der Waals surface area contributed by atoms with E-state index in [2.05, 4.69) is 29.3 Å². The fraction of sp³-hybridized carbons (Fsp3) is 0.765. The SMILES string of the molecule is CC(C)CCC1(C2CC2)NC(=O)N(Cc2noc(C3CC3)n2)C1=O. The molecule has 7 heteroatoms. The summed E-state index contributed by atoms with van der Waals surface area (Å²) >= 11 is 0. The van der Waals surface area contributed by atoms with Gasteiger partial charge >= 0.3 is 6.03 Å². The third kappa shape index (κ3) is 2.70. The minimum absolute atomic E-state index is 0.0943. The lowest BCUT2D eigenvalue weighted by molar-refractivity contribution is -0.133. The zero-order valence-electron chi connectivity index (χ0n) is 14.2. The summed E-state index contributed by atoms with van der Waals surface area (Å²) in [5.41, 5.74) is -0.718. The first kappa shape index (κ1) is 15.6. The van der Waals surface area contributed by atoms with Crippen molar-refractivity contribution in [3.8, 4) is 0 Å². The summed E-state index contributed by atoms with van der Waals surface area (Å²) in [4.78, 5) is 31.1. The second kappa shape index (κ2) is 5.57. The van der Waals surface area contributed by atoms with Crippen molar-refractivity contribution in [2.75, 3.05) is 0 Å². The van der Waals surface area contributed by atoms with Gasteiger partial charge in [0.15, 0.2) is 5.82 Å². The molecule has 1 aliphatic heterocycles. The molecular formula is C17H24N4O3. The van der Waals surface area contributed by atoms with E-state index in [9.17, 15) is 9.59 Å². The van der Waals surface area contributed by atoms with E-state index in [-0.39, 0.29) is 24.4 Å². The molecule has 2 aliphatic carbocycles. The van der Waals surface area contributed by atoms with Crippen LogP contribution in [0.5, 0.6) is 0 Å². The highest BCUT2D eigenvalue weighted by Crippen LogP contribution is 2.46. The molecule has 0 bridgehead atoms. The molecule has 0 aromatic carbocycles. The van der Waals surface area contributed by atoms with E-state index in [1.165, 1.54) is 4.90 Å². The predicted molar refractivity (Wildman–Crippen MR) is 84.9 cm³/mol. The molecule has 1 N–H and O–H groups in total. The van der Waals surface area contributed by atoms with E-state index < -0.39 is 5.54 Å². The molecule has 3 fully saturated rings. The van der Waals surface area contributed by atoms with Crippen molar-refractivity contribution < 1.29 is 14.1 Å². The largest absolute Gasteiger partial charge is 0.339 e. The van der Waals surface area contributed by atoms with Crippen molar-refractivity contribution in [1.82, 2.24) is 20.4 Å². The molecule has 1 saturated heterocycles. The Bertz CT molecular complexity index is 663. The van der Waals surface area contributed by atoms with Gasteiger partial charge in [-0.3, -0.25) is 9.69 Å². The van der Waals surface area contributed by atoms with Gasteiger partial charge in [0, 0.05) is 5.92 Å². The number of nitrogens with zero attached hydrogens (tertiary/aromatic N) is 3. The number of nitrogens with one attached hydrogen (secondary N) is 1. The number of amides is 3. The topological polar surface area (TPSA) is 88.3 Å². The quantitative estimate of drug-likeness (QED) is 0.775. The third-order valence-corrected chi connectivity index (χ3v) is 5.30. The Hall–Kier alpha value is -1.92. The van der Waals surface area contributed by atoms with Crippen LogP contribution in [0.2, 0.25) is 0 Å². The third-order valence-electron chi connectivity index (χ3n) is 5.30. The average Bonchev–Trinajstić information content (AvgIpc) is 3.46. The summed E-state index contributed by atoms with van der Waals surface area (Å²) in [5.74, 6) is 2.06. The highest BCUT2D eigenvalue weighted by molar-refractivity contribution is 6.07. The van der Waals surface area contributed by atoms with Gasteiger partial charge in [0.05, 0.1) is 6.54 Å². The van der Waals surface area contributed by atoms with E-state index in [0.29, 0.717) is 30.0 Å². The van der Waals surface area contributed by atoms with E-state index in [1.807, 2.05) is 0 Å². The van der Waals surface area contributed by atoms with Crippen LogP contribution in [0.3, 0.4) is 0 Å². The molecule has 1 aromatic heterocycles. The number of rotatable bonds is 7. The number of aromatic nitrogens is 2. The average molecular weight is 332 g/mol. The number of carbonyl (C=O) groups excluding carboxylic acids is 2. The van der Waals surface area contributed by atoms with Gasteiger partial charge in [-0.25, -0.2) is 4.79 Å². The molecule has 2 saturated carbocycles. The Morgan fingerprint density at radius 1 is 1.29 bits per heavy atom. The van der Waals surface area contributed by atoms with Crippen LogP contribution in [0.4, 0.5) is 4.79 Å². The zero-order valence-corrected chi connectivity index (χ0v) is 14.2. The fourth-order valence-corrected chi connectivity index (χ4v) is 3.50. The van der Waals surface area contributed by atoms with Gasteiger partial charge in [-0.15, -0.1) is 0 Å². The van der Waals surface area contributed by atoms with Crippen molar-refractivity contribution in [2.24, 2.45) is 11.8 Å². The van der Waals surface area contributed by atoms with E-state index >= 15 is 0 Å². The first-order valence-corrected chi connectivity index (χ1v) is 8.96. The molecule has 0 spiro atoms. The van der Waals surface area contributed by atoms with Gasteiger partial charge in [0.1, 0.15) is 5.54 Å². The Morgan fingerprint density at radius 2 is 2.04 bits per heavy atom. The lowest BCUT2D eigenvalue weighted by Crippen LogP contribution is -2.49. The van der Waals surface area contributed by atoms with E-state index in [4.69, 9.17) is 4.52 Å². The van der Waals surface area contributed by atoms with Crippen molar-refractivity contribution in [3.63, 3.8) is 0 Å². The molecule has 4 rings (SSSR count). The number of imide groups is 1. The van der Waals surface area contributed by atoms with Gasteiger partial charge in [0.2, 0.25) is 5.89 Å². The minimum atomic E-state index is -0.718. The minimum Gasteiger partial charge on any atom is -0.339 e. The molecule has 3 amide bonds. The molecule has 130 valence electrons. The molecule has 7 nitrogen and oxygen atoms in total. The van der Waals surface area contributed by atoms with Crippen LogP contribution in [0.1, 0.15) is 70.0 Å². The fourth-order valence-electron chi connectivity index (χ4n) is 3.50. The summed E-state index contributed by atoms with van der Waals surface area (Å²) in [6.45, 7) is 4.37. The molecule has 1 aromatic rings. The predicted octanol–water partition coefficient (Wildman–Crippen LogP) is 2.58. The number of urea groups is 1. The van der Waals surface area contributed by atoms with Crippen molar-refractivity contribution >= 4 is 11.9 Å². The van der Waals surface area contributed by atoms with Crippen LogP contribution in [-0.4, -0.2) is 32.5 Å². The number of carbonyl (C=O) groups is 2. The van der Waals surface area contributed by atoms with Crippen LogP contribution in [0.15, 0.2) is 4.52 Å². The Morgan fingerprint density at radius 3 is 2.67 bits per heavy atom. The van der Waals surface area contributed by atoms with Gasteiger partial charge in [-0.1, -0.05) is 19.0 Å². The summed E-state index contributed by atoms with van der Waals surface area (Å²) in [5, 5.41) is 6.93. The van der Waals surface area contributed by atoms with Crippen LogP contribution < -0.4 is 5.32 Å². The molecule has 3 aliphatic rings. The van der Waals surface area contributed by atoms with E-state index in [0.717, 1.165) is 32.1 Å². The first-order valence-electron chi connectivity index (χ1n) is 8.96. The van der Waals surface area contributed by atoms with Crippen molar-refractivity contribution in [3.05, 3.63) is 11.7 Å². The second-order valence-electron chi connectivity index (χ2n) is 7.82. The zero-order chi connectivity index (χ0) is 16.9. The molecule has 24 heavy (non-hydrogen) atoms. The molecule has 0 radical (unpaired) electrons. The Kier molecular flexibility index (Phi) is 3.62. The molecule has 1 unspecified atom stereocenters. The molecular weight excluding hydrogens is 308 g/mol. The van der Waals surface area contributed by atoms with Crippen LogP contribution >= 0.6 is 0 Å². The monoisotopic (exact) mass is 332 g/mol. The highest BCUT2D eigenvalue weighted by Gasteiger charge is 2.58. The highest BCUT2D eigenvalue weighted by atomic mass is 16.5. The van der Waals surface area contributed by atoms with Crippen molar-refractivity contribution in [2.45, 2.75) is 70.4 Å². The van der Waals surface area contributed by atoms with Gasteiger partial charge in [0.25, 0.3) is 5.91 Å². The smallest absolute Gasteiger partial charge is 0.325 e. The number of hydrogen-bond donors (Lipinski definition) is 1. The van der Waals surface area contributed by atoms with Gasteiger partial charge in [-0.2, -0.15) is 4.98 Å². The van der Waals surface area contributed by atoms with Crippen LogP contribution in [0.25, 0.3) is 0 Å². The summed E-state index contributed by atoms with van der Waals surface area (Å²) in [6, 6.07) is -0.326. The maximum absolute atomic E-state index is 13.0. The summed E-state index contributed by atoms with van der Waals surface area (Å²) in [6.07, 6.45) is 5.79. The van der Waals surface area contributed by atoms with Crippen molar-refractivity contribution in [1.29, 1.82) is 0 Å². The lowest BCUT2D eigenvalue weighted by Gasteiger charge is -2.27. The Balaban J connectivity index is 1.50. The first-order chi connectivity index (χ1) is 11.5. The second-order valence-corrected chi connectivity index (χ2v) is 7.82. The summed E-state index contributed by atoms with van der Waals surface area (Å²) in [7, 11) is 0. The van der Waals surface area contributed by atoms with Crippen LogP contribution in [-0.2, 0) is 11.3 Å². The Labute approximate surface area is 141 Å². The number of hydrogen-bond acceptors (Lipinski definition) is 5. The maximum Gasteiger partial charge on any atom is 0.325 e.